The van der Waals surface area contributed by atoms with Crippen molar-refractivity contribution in [2.24, 2.45) is 17.6 Å². The molecule has 62 valence electrons. The summed E-state index contributed by atoms with van der Waals surface area (Å²) in [6, 6.07) is 0. The van der Waals surface area contributed by atoms with Crippen LogP contribution >= 0.6 is 0 Å². The summed E-state index contributed by atoms with van der Waals surface area (Å²) in [5, 5.41) is 0. The molecule has 1 fully saturated rings. The quantitative estimate of drug-likeness (QED) is 0.612. The van der Waals surface area contributed by atoms with Gasteiger partial charge >= 0.3 is 0 Å². The first-order chi connectivity index (χ1) is 5.29. The third kappa shape index (κ3) is 1.29. The third-order valence-electron chi connectivity index (χ3n) is 3.15. The van der Waals surface area contributed by atoms with E-state index in [1.165, 1.54) is 43.4 Å². The Labute approximate surface area is 68.7 Å². The van der Waals surface area contributed by atoms with Gasteiger partial charge in [-0.3, -0.25) is 0 Å². The number of rotatable bonds is 1. The Morgan fingerprint density at radius 2 is 2.00 bits per heavy atom. The smallest absolute Gasteiger partial charge is 0.0104 e. The molecule has 1 atom stereocenters. The van der Waals surface area contributed by atoms with Crippen molar-refractivity contribution in [1.29, 1.82) is 0 Å². The monoisotopic (exact) mass is 151 g/mol. The minimum Gasteiger partial charge on any atom is -0.402 e. The van der Waals surface area contributed by atoms with Crippen LogP contribution < -0.4 is 5.73 Å². The van der Waals surface area contributed by atoms with Gasteiger partial charge in [-0.15, -0.1) is 0 Å². The number of hydrogen-bond acceptors (Lipinski definition) is 1. The molecule has 2 N–H and O–H groups in total. The maximum absolute atomic E-state index is 6.04. The van der Waals surface area contributed by atoms with Crippen LogP contribution in [0.2, 0.25) is 0 Å². The van der Waals surface area contributed by atoms with Gasteiger partial charge in [-0.1, -0.05) is 5.57 Å². The standard InChI is InChI=1S/C10H17N/c1-7-3-2-4-9(10(7)11)8-5-6-8/h8-9H,2-6,11H2,1H3/t9-/m0/s1. The van der Waals surface area contributed by atoms with Crippen molar-refractivity contribution in [1.82, 2.24) is 0 Å². The molecule has 1 heteroatoms. The summed E-state index contributed by atoms with van der Waals surface area (Å²) in [6.45, 7) is 2.20. The zero-order valence-corrected chi connectivity index (χ0v) is 7.27. The summed E-state index contributed by atoms with van der Waals surface area (Å²) < 4.78 is 0. The summed E-state index contributed by atoms with van der Waals surface area (Å²) in [4.78, 5) is 0. The molecule has 11 heavy (non-hydrogen) atoms. The maximum atomic E-state index is 6.04. The molecule has 0 unspecified atom stereocenters. The van der Waals surface area contributed by atoms with Crippen LogP contribution in [-0.2, 0) is 0 Å². The average Bonchev–Trinajstić information content (AvgIpc) is 2.77. The summed E-state index contributed by atoms with van der Waals surface area (Å²) in [5.41, 5.74) is 8.74. The van der Waals surface area contributed by atoms with Crippen LogP contribution in [0, 0.1) is 11.8 Å². The Morgan fingerprint density at radius 3 is 2.64 bits per heavy atom. The Kier molecular flexibility index (Phi) is 1.67. The number of nitrogens with two attached hydrogens (primary N) is 1. The number of hydrogen-bond donors (Lipinski definition) is 1. The second kappa shape index (κ2) is 2.54. The van der Waals surface area contributed by atoms with Crippen LogP contribution in [0.15, 0.2) is 11.3 Å². The fourth-order valence-electron chi connectivity index (χ4n) is 2.19. The van der Waals surface area contributed by atoms with E-state index in [9.17, 15) is 0 Å². The second-order valence-corrected chi connectivity index (χ2v) is 4.07. The highest BCUT2D eigenvalue weighted by molar-refractivity contribution is 5.17. The molecule has 2 rings (SSSR count). The maximum Gasteiger partial charge on any atom is 0.0104 e. The molecular formula is C10H17N. The van der Waals surface area contributed by atoms with Crippen molar-refractivity contribution < 1.29 is 0 Å². The summed E-state index contributed by atoms with van der Waals surface area (Å²) in [7, 11) is 0. The van der Waals surface area contributed by atoms with E-state index < -0.39 is 0 Å². The Bertz CT molecular complexity index is 189. The van der Waals surface area contributed by atoms with Gasteiger partial charge in [-0.05, 0) is 44.9 Å². The van der Waals surface area contributed by atoms with Gasteiger partial charge in [-0.25, -0.2) is 0 Å². The molecule has 0 bridgehead atoms. The molecule has 0 spiro atoms. The predicted molar refractivity (Wildman–Crippen MR) is 47.0 cm³/mol. The normalized spacial score (nSPS) is 32.6. The molecule has 0 aromatic heterocycles. The molecule has 2 aliphatic rings. The molecular weight excluding hydrogens is 134 g/mol. The van der Waals surface area contributed by atoms with Crippen molar-refractivity contribution in [2.45, 2.75) is 39.0 Å². The average molecular weight is 151 g/mol. The minimum atomic E-state index is 0.767. The predicted octanol–water partition coefficient (Wildman–Crippen LogP) is 2.43. The van der Waals surface area contributed by atoms with E-state index in [1.807, 2.05) is 0 Å². The zero-order chi connectivity index (χ0) is 7.84. The molecule has 0 aromatic rings. The molecule has 0 aliphatic heterocycles. The van der Waals surface area contributed by atoms with Gasteiger partial charge in [0.25, 0.3) is 0 Å². The van der Waals surface area contributed by atoms with Gasteiger partial charge in [-0.2, -0.15) is 0 Å². The fraction of sp³-hybridized carbons (Fsp3) is 0.800. The lowest BCUT2D eigenvalue weighted by molar-refractivity contribution is 0.443. The highest BCUT2D eigenvalue weighted by Gasteiger charge is 2.34. The largest absolute Gasteiger partial charge is 0.402 e. The molecule has 1 saturated carbocycles. The van der Waals surface area contributed by atoms with Crippen LogP contribution in [0.25, 0.3) is 0 Å². The first-order valence-corrected chi connectivity index (χ1v) is 4.74. The van der Waals surface area contributed by atoms with E-state index in [4.69, 9.17) is 5.73 Å². The van der Waals surface area contributed by atoms with Crippen molar-refractivity contribution >= 4 is 0 Å². The molecule has 1 nitrogen and oxygen atoms in total. The van der Waals surface area contributed by atoms with Crippen molar-refractivity contribution in [3.63, 3.8) is 0 Å². The van der Waals surface area contributed by atoms with E-state index in [0.29, 0.717) is 0 Å². The van der Waals surface area contributed by atoms with E-state index >= 15 is 0 Å². The lowest BCUT2D eigenvalue weighted by Crippen LogP contribution is -2.19. The van der Waals surface area contributed by atoms with Crippen molar-refractivity contribution in [2.75, 3.05) is 0 Å². The van der Waals surface area contributed by atoms with Crippen LogP contribution in [0.3, 0.4) is 0 Å². The fourth-order valence-corrected chi connectivity index (χ4v) is 2.19. The highest BCUT2D eigenvalue weighted by atomic mass is 14.6. The molecule has 0 radical (unpaired) electrons. The Morgan fingerprint density at radius 1 is 1.27 bits per heavy atom. The van der Waals surface area contributed by atoms with Gasteiger partial charge in [0.15, 0.2) is 0 Å². The van der Waals surface area contributed by atoms with Crippen LogP contribution in [0.4, 0.5) is 0 Å². The molecule has 0 aromatic carbocycles. The van der Waals surface area contributed by atoms with Crippen LogP contribution in [0.5, 0.6) is 0 Å². The molecule has 0 amide bonds. The van der Waals surface area contributed by atoms with Gasteiger partial charge in [0.2, 0.25) is 0 Å². The highest BCUT2D eigenvalue weighted by Crippen LogP contribution is 2.44. The second-order valence-electron chi connectivity index (χ2n) is 4.07. The molecule has 0 heterocycles. The van der Waals surface area contributed by atoms with Gasteiger partial charge in [0.05, 0.1) is 0 Å². The summed E-state index contributed by atoms with van der Waals surface area (Å²) >= 11 is 0. The molecule has 0 saturated heterocycles. The SMILES string of the molecule is CC1=C(N)[C@H](C2CC2)CCC1. The lowest BCUT2D eigenvalue weighted by atomic mass is 9.85. The van der Waals surface area contributed by atoms with E-state index in [-0.39, 0.29) is 0 Å². The summed E-state index contributed by atoms with van der Waals surface area (Å²) in [5.74, 6) is 1.73. The van der Waals surface area contributed by atoms with Crippen LogP contribution in [-0.4, -0.2) is 0 Å². The molecule has 2 aliphatic carbocycles. The van der Waals surface area contributed by atoms with Gasteiger partial charge in [0, 0.05) is 11.6 Å². The van der Waals surface area contributed by atoms with Gasteiger partial charge in [0.1, 0.15) is 0 Å². The Balaban J connectivity index is 2.13. The number of allylic oxidation sites excluding steroid dienone is 2. The topological polar surface area (TPSA) is 26.0 Å². The van der Waals surface area contributed by atoms with E-state index in [0.717, 1.165) is 11.8 Å². The minimum absolute atomic E-state index is 0.767. The van der Waals surface area contributed by atoms with Gasteiger partial charge < -0.3 is 5.73 Å². The van der Waals surface area contributed by atoms with Crippen molar-refractivity contribution in [3.05, 3.63) is 11.3 Å². The lowest BCUT2D eigenvalue weighted by Gasteiger charge is -2.24. The van der Waals surface area contributed by atoms with E-state index in [2.05, 4.69) is 6.92 Å². The van der Waals surface area contributed by atoms with Crippen LogP contribution in [0.1, 0.15) is 39.0 Å². The zero-order valence-electron chi connectivity index (χ0n) is 7.27. The third-order valence-corrected chi connectivity index (χ3v) is 3.15. The van der Waals surface area contributed by atoms with E-state index in [1.54, 1.807) is 0 Å². The van der Waals surface area contributed by atoms with Crippen molar-refractivity contribution in [3.8, 4) is 0 Å². The first kappa shape index (κ1) is 7.20. The first-order valence-electron chi connectivity index (χ1n) is 4.74. The summed E-state index contributed by atoms with van der Waals surface area (Å²) in [6.07, 6.45) is 6.83. The Hall–Kier alpha value is -0.460.